The first-order valence-corrected chi connectivity index (χ1v) is 7.42. The van der Waals surface area contributed by atoms with Crippen LogP contribution in [-0.4, -0.2) is 26.7 Å². The van der Waals surface area contributed by atoms with Crippen molar-refractivity contribution in [1.82, 2.24) is 5.32 Å². The summed E-state index contributed by atoms with van der Waals surface area (Å²) in [5, 5.41) is 2.86. The zero-order chi connectivity index (χ0) is 16.7. The summed E-state index contributed by atoms with van der Waals surface area (Å²) in [6.45, 7) is 0.399. The first kappa shape index (κ1) is 19.8. The van der Waals surface area contributed by atoms with Gasteiger partial charge in [-0.3, -0.25) is 4.79 Å². The summed E-state index contributed by atoms with van der Waals surface area (Å²) in [6.07, 6.45) is 0.266. The molecule has 24 heavy (non-hydrogen) atoms. The van der Waals surface area contributed by atoms with Crippen molar-refractivity contribution in [2.45, 2.75) is 12.5 Å². The van der Waals surface area contributed by atoms with E-state index in [-0.39, 0.29) is 30.8 Å². The molecule has 0 aliphatic carbocycles. The van der Waals surface area contributed by atoms with Gasteiger partial charge in [0.2, 0.25) is 5.91 Å². The number of carbonyl (C=O) groups is 1. The predicted octanol–water partition coefficient (Wildman–Crippen LogP) is 2.48. The largest absolute Gasteiger partial charge is 0.493 e. The Bertz CT molecular complexity index is 650. The fourth-order valence-corrected chi connectivity index (χ4v) is 2.28. The maximum absolute atomic E-state index is 12.1. The molecule has 0 aliphatic heterocycles. The van der Waals surface area contributed by atoms with Gasteiger partial charge in [-0.1, -0.05) is 36.4 Å². The molecule has 0 fully saturated rings. The zero-order valence-corrected chi connectivity index (χ0v) is 14.6. The van der Waals surface area contributed by atoms with Crippen LogP contribution in [0, 0.1) is 0 Å². The van der Waals surface area contributed by atoms with E-state index in [9.17, 15) is 4.79 Å². The van der Waals surface area contributed by atoms with Gasteiger partial charge in [0.25, 0.3) is 0 Å². The average molecular weight is 351 g/mol. The molecule has 0 spiro atoms. The molecule has 0 bridgehead atoms. The van der Waals surface area contributed by atoms with Gasteiger partial charge in [-0.05, 0) is 23.3 Å². The molecule has 1 atom stereocenters. The van der Waals surface area contributed by atoms with Gasteiger partial charge in [0, 0.05) is 12.6 Å². The molecule has 2 rings (SSSR count). The summed E-state index contributed by atoms with van der Waals surface area (Å²) < 4.78 is 10.4. The van der Waals surface area contributed by atoms with Gasteiger partial charge in [-0.2, -0.15) is 0 Å². The fourth-order valence-electron chi connectivity index (χ4n) is 2.28. The number of hydrogen-bond donors (Lipinski definition) is 2. The third-order valence-corrected chi connectivity index (χ3v) is 3.56. The number of benzene rings is 2. The van der Waals surface area contributed by atoms with Crippen molar-refractivity contribution in [3.8, 4) is 11.5 Å². The maximum atomic E-state index is 12.1. The van der Waals surface area contributed by atoms with E-state index < -0.39 is 0 Å². The van der Waals surface area contributed by atoms with Gasteiger partial charge in [0.15, 0.2) is 11.5 Å². The monoisotopic (exact) mass is 350 g/mol. The van der Waals surface area contributed by atoms with Crippen LogP contribution in [0.5, 0.6) is 11.5 Å². The molecule has 130 valence electrons. The molecule has 2 aromatic rings. The van der Waals surface area contributed by atoms with Crippen molar-refractivity contribution in [1.29, 1.82) is 0 Å². The van der Waals surface area contributed by atoms with Crippen LogP contribution in [-0.2, 0) is 11.2 Å². The number of halogens is 1. The maximum Gasteiger partial charge on any atom is 0.224 e. The molecular weight excluding hydrogens is 328 g/mol. The third kappa shape index (κ3) is 5.44. The quantitative estimate of drug-likeness (QED) is 0.804. The van der Waals surface area contributed by atoms with Crippen molar-refractivity contribution in [3.05, 3.63) is 59.7 Å². The minimum absolute atomic E-state index is 0. The molecule has 3 N–H and O–H groups in total. The summed E-state index contributed by atoms with van der Waals surface area (Å²) in [5.41, 5.74) is 7.92. The third-order valence-electron chi connectivity index (χ3n) is 3.56. The zero-order valence-electron chi connectivity index (χ0n) is 13.8. The molecule has 0 saturated carbocycles. The normalized spacial score (nSPS) is 11.1. The summed E-state index contributed by atoms with van der Waals surface area (Å²) in [4.78, 5) is 12.1. The lowest BCUT2D eigenvalue weighted by atomic mass is 10.1. The standard InChI is InChI=1S/C18H22N2O3.ClH/c1-22-16-9-8-13(10-17(16)23-2)11-18(21)20-12-15(19)14-6-4-3-5-7-14;/h3-10,15H,11-12,19H2,1-2H3,(H,20,21);1H. The highest BCUT2D eigenvalue weighted by Crippen LogP contribution is 2.27. The Hall–Kier alpha value is -2.24. The predicted molar refractivity (Wildman–Crippen MR) is 96.9 cm³/mol. The second-order valence-electron chi connectivity index (χ2n) is 5.19. The number of ether oxygens (including phenoxy) is 2. The van der Waals surface area contributed by atoms with Gasteiger partial charge in [-0.25, -0.2) is 0 Å². The topological polar surface area (TPSA) is 73.6 Å². The van der Waals surface area contributed by atoms with Gasteiger partial charge < -0.3 is 20.5 Å². The lowest BCUT2D eigenvalue weighted by Crippen LogP contribution is -2.32. The lowest BCUT2D eigenvalue weighted by molar-refractivity contribution is -0.120. The van der Waals surface area contributed by atoms with Crippen molar-refractivity contribution < 1.29 is 14.3 Å². The number of nitrogens with one attached hydrogen (secondary N) is 1. The van der Waals surface area contributed by atoms with E-state index in [2.05, 4.69) is 5.32 Å². The van der Waals surface area contributed by atoms with E-state index in [0.717, 1.165) is 11.1 Å². The van der Waals surface area contributed by atoms with Gasteiger partial charge >= 0.3 is 0 Å². The van der Waals surface area contributed by atoms with E-state index >= 15 is 0 Å². The van der Waals surface area contributed by atoms with Crippen LogP contribution in [0.25, 0.3) is 0 Å². The Labute approximate surface area is 148 Å². The Kier molecular flexibility index (Phi) is 8.09. The Morgan fingerprint density at radius 1 is 1.08 bits per heavy atom. The highest BCUT2D eigenvalue weighted by molar-refractivity contribution is 5.85. The Morgan fingerprint density at radius 2 is 1.75 bits per heavy atom. The molecule has 1 unspecified atom stereocenters. The van der Waals surface area contributed by atoms with E-state index in [1.807, 2.05) is 36.4 Å². The number of methoxy groups -OCH3 is 2. The van der Waals surface area contributed by atoms with Crippen LogP contribution in [0.2, 0.25) is 0 Å². The molecule has 0 radical (unpaired) electrons. The van der Waals surface area contributed by atoms with Gasteiger partial charge in [0.05, 0.1) is 20.6 Å². The van der Waals surface area contributed by atoms with Crippen LogP contribution in [0.4, 0.5) is 0 Å². The van der Waals surface area contributed by atoms with Crippen molar-refractivity contribution in [2.75, 3.05) is 20.8 Å². The molecule has 0 heterocycles. The van der Waals surface area contributed by atoms with Crippen LogP contribution in [0.15, 0.2) is 48.5 Å². The smallest absolute Gasteiger partial charge is 0.224 e. The van der Waals surface area contributed by atoms with Crippen molar-refractivity contribution in [2.24, 2.45) is 5.73 Å². The van der Waals surface area contributed by atoms with Gasteiger partial charge in [-0.15, -0.1) is 12.4 Å². The molecular formula is C18H23ClN2O3. The lowest BCUT2D eigenvalue weighted by Gasteiger charge is -2.13. The number of carbonyl (C=O) groups excluding carboxylic acids is 1. The molecule has 5 nitrogen and oxygen atoms in total. The number of amides is 1. The molecule has 6 heteroatoms. The van der Waals surface area contributed by atoms with E-state index in [0.29, 0.717) is 18.0 Å². The SMILES string of the molecule is COc1ccc(CC(=O)NCC(N)c2ccccc2)cc1OC.Cl. The second-order valence-corrected chi connectivity index (χ2v) is 5.19. The van der Waals surface area contributed by atoms with Crippen LogP contribution >= 0.6 is 12.4 Å². The van der Waals surface area contributed by atoms with E-state index in [1.54, 1.807) is 26.4 Å². The first-order chi connectivity index (χ1) is 11.1. The minimum atomic E-state index is -0.217. The van der Waals surface area contributed by atoms with Crippen LogP contribution < -0.4 is 20.5 Å². The van der Waals surface area contributed by atoms with E-state index in [1.165, 1.54) is 0 Å². The number of rotatable bonds is 7. The fraction of sp³-hybridized carbons (Fsp3) is 0.278. The minimum Gasteiger partial charge on any atom is -0.493 e. The first-order valence-electron chi connectivity index (χ1n) is 7.42. The molecule has 2 aromatic carbocycles. The van der Waals surface area contributed by atoms with Crippen molar-refractivity contribution >= 4 is 18.3 Å². The Balaban J connectivity index is 0.00000288. The summed E-state index contributed by atoms with van der Waals surface area (Å²) in [7, 11) is 3.15. The van der Waals surface area contributed by atoms with Crippen molar-refractivity contribution in [3.63, 3.8) is 0 Å². The molecule has 0 aliphatic rings. The van der Waals surface area contributed by atoms with Gasteiger partial charge in [0.1, 0.15) is 0 Å². The Morgan fingerprint density at radius 3 is 2.38 bits per heavy atom. The highest BCUT2D eigenvalue weighted by atomic mass is 35.5. The summed E-state index contributed by atoms with van der Waals surface area (Å²) in [6, 6.07) is 14.9. The summed E-state index contributed by atoms with van der Waals surface area (Å²) in [5.74, 6) is 1.17. The van der Waals surface area contributed by atoms with Crippen LogP contribution in [0.1, 0.15) is 17.2 Å². The molecule has 1 amide bonds. The average Bonchev–Trinajstić information content (AvgIpc) is 2.60. The van der Waals surface area contributed by atoms with E-state index in [4.69, 9.17) is 15.2 Å². The molecule has 0 saturated heterocycles. The number of hydrogen-bond acceptors (Lipinski definition) is 4. The highest BCUT2D eigenvalue weighted by Gasteiger charge is 2.10. The second kappa shape index (κ2) is 9.80. The molecule has 0 aromatic heterocycles. The van der Waals surface area contributed by atoms with Crippen LogP contribution in [0.3, 0.4) is 0 Å². The number of nitrogens with two attached hydrogens (primary N) is 1. The summed E-state index contributed by atoms with van der Waals surface area (Å²) >= 11 is 0.